The molecule has 0 aliphatic carbocycles. The van der Waals surface area contributed by atoms with Crippen molar-refractivity contribution in [2.24, 2.45) is 5.92 Å². The van der Waals surface area contributed by atoms with Crippen LogP contribution in [0.4, 0.5) is 0 Å². The molecule has 1 heterocycles. The number of nitrogens with zero attached hydrogens (tertiary/aromatic N) is 1. The van der Waals surface area contributed by atoms with Gasteiger partial charge in [0, 0.05) is 6.42 Å². The lowest BCUT2D eigenvalue weighted by molar-refractivity contribution is 0.599. The van der Waals surface area contributed by atoms with Crippen LogP contribution in [-0.4, -0.2) is 13.1 Å². The zero-order valence-electron chi connectivity index (χ0n) is 4.85. The maximum absolute atomic E-state index is 8.25. The molecular formula is C6H10N2. The standard InChI is InChI=1S/C6H10N2/c7-3-1-6-2-4-8-5-6/h6,8H,1-2,4-5H2/t6-/m0/s1. The van der Waals surface area contributed by atoms with E-state index in [0.717, 1.165) is 19.5 Å². The van der Waals surface area contributed by atoms with E-state index in [2.05, 4.69) is 11.4 Å². The molecule has 1 saturated heterocycles. The van der Waals surface area contributed by atoms with Gasteiger partial charge >= 0.3 is 0 Å². The number of hydrogen-bond acceptors (Lipinski definition) is 2. The molecule has 2 heteroatoms. The van der Waals surface area contributed by atoms with Crippen molar-refractivity contribution in [3.63, 3.8) is 0 Å². The Morgan fingerprint density at radius 2 is 2.62 bits per heavy atom. The molecule has 0 aromatic heterocycles. The van der Waals surface area contributed by atoms with Gasteiger partial charge < -0.3 is 5.32 Å². The molecule has 0 saturated carbocycles. The first-order chi connectivity index (χ1) is 3.93. The van der Waals surface area contributed by atoms with E-state index in [4.69, 9.17) is 5.26 Å². The molecule has 0 amide bonds. The van der Waals surface area contributed by atoms with Crippen molar-refractivity contribution in [1.82, 2.24) is 5.32 Å². The fraction of sp³-hybridized carbons (Fsp3) is 0.833. The lowest BCUT2D eigenvalue weighted by Crippen LogP contribution is -2.08. The Kier molecular flexibility index (Phi) is 1.87. The minimum atomic E-state index is 0.639. The Morgan fingerprint density at radius 1 is 1.75 bits per heavy atom. The third kappa shape index (κ3) is 1.21. The second kappa shape index (κ2) is 2.68. The Hall–Kier alpha value is -0.550. The quantitative estimate of drug-likeness (QED) is 0.534. The molecule has 44 valence electrons. The zero-order valence-corrected chi connectivity index (χ0v) is 4.85. The molecule has 0 aromatic carbocycles. The van der Waals surface area contributed by atoms with Crippen LogP contribution in [0.5, 0.6) is 0 Å². The molecule has 1 aliphatic heterocycles. The summed E-state index contributed by atoms with van der Waals surface area (Å²) in [6.45, 7) is 2.15. The molecule has 0 bridgehead atoms. The molecule has 8 heavy (non-hydrogen) atoms. The van der Waals surface area contributed by atoms with Gasteiger partial charge in [-0.2, -0.15) is 5.26 Å². The number of nitrogens with one attached hydrogen (secondary N) is 1. The summed E-state index contributed by atoms with van der Waals surface area (Å²) < 4.78 is 0. The van der Waals surface area contributed by atoms with Gasteiger partial charge in [0.05, 0.1) is 6.07 Å². The topological polar surface area (TPSA) is 35.8 Å². The smallest absolute Gasteiger partial charge is 0.0625 e. The second-order valence-corrected chi connectivity index (χ2v) is 2.22. The van der Waals surface area contributed by atoms with Crippen LogP contribution in [0.1, 0.15) is 12.8 Å². The van der Waals surface area contributed by atoms with Crippen molar-refractivity contribution < 1.29 is 0 Å². The Labute approximate surface area is 49.5 Å². The monoisotopic (exact) mass is 110 g/mol. The van der Waals surface area contributed by atoms with Gasteiger partial charge in [0.25, 0.3) is 0 Å². The molecule has 2 nitrogen and oxygen atoms in total. The maximum Gasteiger partial charge on any atom is 0.0625 e. The van der Waals surface area contributed by atoms with Crippen LogP contribution in [0.15, 0.2) is 0 Å². The van der Waals surface area contributed by atoms with Crippen LogP contribution in [0.25, 0.3) is 0 Å². The van der Waals surface area contributed by atoms with E-state index in [1.165, 1.54) is 6.42 Å². The SMILES string of the molecule is N#CC[C@H]1CCNC1. The summed E-state index contributed by atoms with van der Waals surface area (Å²) in [4.78, 5) is 0. The molecule has 0 unspecified atom stereocenters. The maximum atomic E-state index is 8.25. The highest BCUT2D eigenvalue weighted by Gasteiger charge is 2.12. The minimum absolute atomic E-state index is 0.639. The van der Waals surface area contributed by atoms with Crippen molar-refractivity contribution in [3.05, 3.63) is 0 Å². The summed E-state index contributed by atoms with van der Waals surface area (Å²) in [7, 11) is 0. The van der Waals surface area contributed by atoms with E-state index in [-0.39, 0.29) is 0 Å². The normalized spacial score (nSPS) is 27.6. The predicted octanol–water partition coefficient (Wildman–Crippen LogP) is 0.510. The molecule has 0 spiro atoms. The fourth-order valence-electron chi connectivity index (χ4n) is 1.02. The number of hydrogen-bond donors (Lipinski definition) is 1. The van der Waals surface area contributed by atoms with Crippen LogP contribution in [0, 0.1) is 17.2 Å². The molecule has 1 N–H and O–H groups in total. The Balaban J connectivity index is 2.17. The van der Waals surface area contributed by atoms with Gasteiger partial charge in [-0.1, -0.05) is 0 Å². The number of nitriles is 1. The lowest BCUT2D eigenvalue weighted by Gasteiger charge is -1.96. The summed E-state index contributed by atoms with van der Waals surface area (Å²) in [6, 6.07) is 2.17. The van der Waals surface area contributed by atoms with Crippen LogP contribution < -0.4 is 5.32 Å². The highest BCUT2D eigenvalue weighted by Crippen LogP contribution is 2.09. The molecular weight excluding hydrogens is 100 g/mol. The fourth-order valence-corrected chi connectivity index (χ4v) is 1.02. The molecule has 0 aromatic rings. The molecule has 0 radical (unpaired) electrons. The van der Waals surface area contributed by atoms with E-state index < -0.39 is 0 Å². The van der Waals surface area contributed by atoms with Gasteiger partial charge in [-0.05, 0) is 25.4 Å². The molecule has 1 fully saturated rings. The van der Waals surface area contributed by atoms with Crippen molar-refractivity contribution >= 4 is 0 Å². The first-order valence-corrected chi connectivity index (χ1v) is 3.01. The third-order valence-electron chi connectivity index (χ3n) is 1.54. The lowest BCUT2D eigenvalue weighted by atomic mass is 10.1. The summed E-state index contributed by atoms with van der Waals surface area (Å²) in [5.74, 6) is 0.639. The van der Waals surface area contributed by atoms with Crippen molar-refractivity contribution in [2.45, 2.75) is 12.8 Å². The summed E-state index contributed by atoms with van der Waals surface area (Å²) in [5.41, 5.74) is 0. The van der Waals surface area contributed by atoms with E-state index in [9.17, 15) is 0 Å². The summed E-state index contributed by atoms with van der Waals surface area (Å²) in [5, 5.41) is 11.5. The Bertz CT molecular complexity index is 97.6. The predicted molar refractivity (Wildman–Crippen MR) is 31.2 cm³/mol. The van der Waals surface area contributed by atoms with Crippen molar-refractivity contribution in [3.8, 4) is 6.07 Å². The molecule has 1 rings (SSSR count). The van der Waals surface area contributed by atoms with Crippen LogP contribution >= 0.6 is 0 Å². The van der Waals surface area contributed by atoms with Gasteiger partial charge in [-0.3, -0.25) is 0 Å². The highest BCUT2D eigenvalue weighted by molar-refractivity contribution is 4.80. The second-order valence-electron chi connectivity index (χ2n) is 2.22. The van der Waals surface area contributed by atoms with Crippen LogP contribution in [0.3, 0.4) is 0 Å². The first-order valence-electron chi connectivity index (χ1n) is 3.01. The summed E-state index contributed by atoms with van der Waals surface area (Å²) >= 11 is 0. The third-order valence-corrected chi connectivity index (χ3v) is 1.54. The van der Waals surface area contributed by atoms with Crippen molar-refractivity contribution in [2.75, 3.05) is 13.1 Å². The molecule has 1 atom stereocenters. The van der Waals surface area contributed by atoms with Gasteiger partial charge in [0.1, 0.15) is 0 Å². The van der Waals surface area contributed by atoms with E-state index in [1.807, 2.05) is 0 Å². The van der Waals surface area contributed by atoms with Gasteiger partial charge in [-0.25, -0.2) is 0 Å². The highest BCUT2D eigenvalue weighted by atomic mass is 14.9. The number of rotatable bonds is 1. The molecule has 1 aliphatic rings. The zero-order chi connectivity index (χ0) is 5.82. The van der Waals surface area contributed by atoms with Crippen LogP contribution in [-0.2, 0) is 0 Å². The van der Waals surface area contributed by atoms with E-state index in [1.54, 1.807) is 0 Å². The van der Waals surface area contributed by atoms with Gasteiger partial charge in [0.15, 0.2) is 0 Å². The van der Waals surface area contributed by atoms with Gasteiger partial charge in [0.2, 0.25) is 0 Å². The first kappa shape index (κ1) is 5.58. The van der Waals surface area contributed by atoms with Gasteiger partial charge in [-0.15, -0.1) is 0 Å². The largest absolute Gasteiger partial charge is 0.316 e. The average Bonchev–Trinajstić information content (AvgIpc) is 2.19. The van der Waals surface area contributed by atoms with Crippen LogP contribution in [0.2, 0.25) is 0 Å². The van der Waals surface area contributed by atoms with E-state index >= 15 is 0 Å². The minimum Gasteiger partial charge on any atom is -0.316 e. The summed E-state index contributed by atoms with van der Waals surface area (Å²) in [6.07, 6.45) is 1.92. The van der Waals surface area contributed by atoms with Crippen molar-refractivity contribution in [1.29, 1.82) is 5.26 Å². The Morgan fingerprint density at radius 3 is 3.12 bits per heavy atom. The average molecular weight is 110 g/mol. The van der Waals surface area contributed by atoms with E-state index in [0.29, 0.717) is 5.92 Å².